The molecule has 0 atom stereocenters. The van der Waals surface area contributed by atoms with Crippen LogP contribution in [0.15, 0.2) is 23.2 Å². The molecule has 1 fully saturated rings. The lowest BCUT2D eigenvalue weighted by atomic mass is 10.2. The molecule has 1 amide bonds. The number of aliphatic imine (C=N–C) groups is 1. The normalized spacial score (nSPS) is 15.2. The molecule has 9 heteroatoms. The van der Waals surface area contributed by atoms with Crippen LogP contribution >= 0.6 is 35.6 Å². The van der Waals surface area contributed by atoms with E-state index >= 15 is 0 Å². The molecular weight excluding hydrogens is 483 g/mol. The van der Waals surface area contributed by atoms with Crippen molar-refractivity contribution in [1.82, 2.24) is 9.80 Å². The van der Waals surface area contributed by atoms with Gasteiger partial charge in [-0.2, -0.15) is 0 Å². The molecule has 0 unspecified atom stereocenters. The second-order valence-electron chi connectivity index (χ2n) is 7.10. The van der Waals surface area contributed by atoms with Crippen molar-refractivity contribution >= 4 is 47.6 Å². The molecule has 0 radical (unpaired) electrons. The van der Waals surface area contributed by atoms with Crippen LogP contribution in [-0.4, -0.2) is 60.7 Å². The van der Waals surface area contributed by atoms with Crippen molar-refractivity contribution in [3.05, 3.63) is 28.8 Å². The lowest BCUT2D eigenvalue weighted by molar-refractivity contribution is 0.0186. The second-order valence-corrected chi connectivity index (χ2v) is 7.50. The molecule has 0 aromatic heterocycles. The zero-order chi connectivity index (χ0) is 19.3. The Kier molecular flexibility index (Phi) is 8.93. The fraction of sp³-hybridized carbons (Fsp3) is 0.556. The standard InChI is InChI=1S/C18H27ClN4O3.HI/c1-18(2,3)26-17(24)23-9-7-22(8-10-23)16(20)21-12-13-5-6-15(25-4)14(19)11-13;/h5-6,11H,7-10,12H2,1-4H3,(H2,20,21);1H. The summed E-state index contributed by atoms with van der Waals surface area (Å²) < 4.78 is 10.5. The summed E-state index contributed by atoms with van der Waals surface area (Å²) in [6.07, 6.45) is -0.291. The summed E-state index contributed by atoms with van der Waals surface area (Å²) in [5.41, 5.74) is 6.56. The predicted octanol–water partition coefficient (Wildman–Crippen LogP) is 3.33. The number of hydrogen-bond donors (Lipinski definition) is 1. The monoisotopic (exact) mass is 510 g/mol. The smallest absolute Gasteiger partial charge is 0.410 e. The average molecular weight is 511 g/mol. The molecule has 152 valence electrons. The van der Waals surface area contributed by atoms with Crippen molar-refractivity contribution in [2.45, 2.75) is 32.9 Å². The molecule has 0 aliphatic carbocycles. The maximum atomic E-state index is 12.1. The largest absolute Gasteiger partial charge is 0.495 e. The third kappa shape index (κ3) is 7.25. The van der Waals surface area contributed by atoms with E-state index in [1.54, 1.807) is 12.0 Å². The second kappa shape index (κ2) is 10.2. The van der Waals surface area contributed by atoms with Gasteiger partial charge >= 0.3 is 6.09 Å². The van der Waals surface area contributed by atoms with Gasteiger partial charge in [-0.15, -0.1) is 24.0 Å². The number of nitrogens with two attached hydrogens (primary N) is 1. The van der Waals surface area contributed by atoms with Gasteiger partial charge in [0.25, 0.3) is 0 Å². The molecule has 1 heterocycles. The Morgan fingerprint density at radius 1 is 1.22 bits per heavy atom. The number of benzene rings is 1. The average Bonchev–Trinajstić information content (AvgIpc) is 2.58. The minimum atomic E-state index is -0.492. The van der Waals surface area contributed by atoms with Gasteiger partial charge in [-0.25, -0.2) is 9.79 Å². The predicted molar refractivity (Wildman–Crippen MR) is 118 cm³/mol. The molecule has 1 aliphatic rings. The van der Waals surface area contributed by atoms with Crippen LogP contribution in [0.3, 0.4) is 0 Å². The van der Waals surface area contributed by atoms with Crippen LogP contribution in [-0.2, 0) is 11.3 Å². The molecule has 2 N–H and O–H groups in total. The van der Waals surface area contributed by atoms with Gasteiger partial charge in [0.05, 0.1) is 18.7 Å². The van der Waals surface area contributed by atoms with Gasteiger partial charge < -0.3 is 25.0 Å². The SMILES string of the molecule is COc1ccc(CN=C(N)N2CCN(C(=O)OC(C)(C)C)CC2)cc1Cl.I. The number of nitrogens with zero attached hydrogens (tertiary/aromatic N) is 3. The first kappa shape index (κ1) is 23.6. The molecule has 7 nitrogen and oxygen atoms in total. The zero-order valence-corrected chi connectivity index (χ0v) is 19.3. The molecule has 2 rings (SSSR count). The minimum absolute atomic E-state index is 0. The van der Waals surface area contributed by atoms with Crippen molar-refractivity contribution in [3.8, 4) is 5.75 Å². The molecule has 27 heavy (non-hydrogen) atoms. The molecule has 1 aromatic rings. The third-order valence-electron chi connectivity index (χ3n) is 3.90. The summed E-state index contributed by atoms with van der Waals surface area (Å²) >= 11 is 6.12. The Balaban J connectivity index is 0.00000364. The van der Waals surface area contributed by atoms with Gasteiger partial charge in [0.1, 0.15) is 11.4 Å². The van der Waals surface area contributed by atoms with Crippen LogP contribution in [0, 0.1) is 0 Å². The molecular formula is C18H28ClIN4O3. The fourth-order valence-electron chi connectivity index (χ4n) is 2.53. The molecule has 1 aliphatic heterocycles. The Morgan fingerprint density at radius 2 is 1.81 bits per heavy atom. The van der Waals surface area contributed by atoms with E-state index in [0.717, 1.165) is 5.56 Å². The van der Waals surface area contributed by atoms with Crippen LogP contribution < -0.4 is 10.5 Å². The van der Waals surface area contributed by atoms with Crippen LogP contribution in [0.2, 0.25) is 5.02 Å². The van der Waals surface area contributed by atoms with E-state index in [0.29, 0.717) is 49.5 Å². The Bertz CT molecular complexity index is 671. The third-order valence-corrected chi connectivity index (χ3v) is 4.19. The van der Waals surface area contributed by atoms with Crippen molar-refractivity contribution in [2.24, 2.45) is 10.7 Å². The van der Waals surface area contributed by atoms with E-state index in [2.05, 4.69) is 4.99 Å². The highest BCUT2D eigenvalue weighted by molar-refractivity contribution is 14.0. The van der Waals surface area contributed by atoms with Gasteiger partial charge in [-0.05, 0) is 38.5 Å². The minimum Gasteiger partial charge on any atom is -0.495 e. The lowest BCUT2D eigenvalue weighted by Gasteiger charge is -2.36. The molecule has 0 spiro atoms. The van der Waals surface area contributed by atoms with Crippen molar-refractivity contribution in [1.29, 1.82) is 0 Å². The summed E-state index contributed by atoms with van der Waals surface area (Å²) in [4.78, 5) is 20.2. The first-order chi connectivity index (χ1) is 12.2. The number of carbonyl (C=O) groups excluding carboxylic acids is 1. The van der Waals surface area contributed by atoms with Crippen LogP contribution in [0.1, 0.15) is 26.3 Å². The highest BCUT2D eigenvalue weighted by Gasteiger charge is 2.26. The zero-order valence-electron chi connectivity index (χ0n) is 16.2. The number of hydrogen-bond acceptors (Lipinski definition) is 4. The number of amides is 1. The fourth-order valence-corrected chi connectivity index (χ4v) is 2.81. The summed E-state index contributed by atoms with van der Waals surface area (Å²) in [6.45, 7) is 8.36. The van der Waals surface area contributed by atoms with Crippen molar-refractivity contribution in [2.75, 3.05) is 33.3 Å². The number of ether oxygens (including phenoxy) is 2. The number of guanidine groups is 1. The van der Waals surface area contributed by atoms with Gasteiger partial charge in [-0.3, -0.25) is 0 Å². The molecule has 0 bridgehead atoms. The van der Waals surface area contributed by atoms with E-state index in [4.69, 9.17) is 26.8 Å². The number of piperazine rings is 1. The van der Waals surface area contributed by atoms with Gasteiger partial charge in [0, 0.05) is 26.2 Å². The van der Waals surface area contributed by atoms with Crippen LogP contribution in [0.4, 0.5) is 4.79 Å². The Morgan fingerprint density at radius 3 is 2.33 bits per heavy atom. The van der Waals surface area contributed by atoms with Crippen LogP contribution in [0.25, 0.3) is 0 Å². The topological polar surface area (TPSA) is 80.4 Å². The summed E-state index contributed by atoms with van der Waals surface area (Å²) in [5.74, 6) is 1.09. The van der Waals surface area contributed by atoms with E-state index in [9.17, 15) is 4.79 Å². The van der Waals surface area contributed by atoms with Crippen molar-refractivity contribution in [3.63, 3.8) is 0 Å². The number of halogens is 2. The van der Waals surface area contributed by atoms with E-state index in [-0.39, 0.29) is 30.1 Å². The maximum absolute atomic E-state index is 12.1. The summed E-state index contributed by atoms with van der Waals surface area (Å²) in [7, 11) is 1.58. The van der Waals surface area contributed by atoms with Crippen molar-refractivity contribution < 1.29 is 14.3 Å². The van der Waals surface area contributed by atoms with E-state index < -0.39 is 5.60 Å². The first-order valence-corrected chi connectivity index (χ1v) is 8.92. The maximum Gasteiger partial charge on any atom is 0.410 e. The highest BCUT2D eigenvalue weighted by atomic mass is 127. The molecule has 1 aromatic carbocycles. The summed E-state index contributed by atoms with van der Waals surface area (Å²) in [5, 5.41) is 0.546. The van der Waals surface area contributed by atoms with Gasteiger partial charge in [0.2, 0.25) is 0 Å². The summed E-state index contributed by atoms with van der Waals surface area (Å²) in [6, 6.07) is 5.53. The quantitative estimate of drug-likeness (QED) is 0.383. The molecule has 1 saturated heterocycles. The molecule has 0 saturated carbocycles. The van der Waals surface area contributed by atoms with E-state index in [1.807, 2.05) is 43.9 Å². The lowest BCUT2D eigenvalue weighted by Crippen LogP contribution is -2.53. The number of rotatable bonds is 3. The number of carbonyl (C=O) groups is 1. The van der Waals surface area contributed by atoms with E-state index in [1.165, 1.54) is 0 Å². The highest BCUT2D eigenvalue weighted by Crippen LogP contribution is 2.25. The first-order valence-electron chi connectivity index (χ1n) is 8.55. The Hall–Kier alpha value is -1.42. The van der Waals surface area contributed by atoms with Gasteiger partial charge in [-0.1, -0.05) is 17.7 Å². The van der Waals surface area contributed by atoms with Crippen LogP contribution in [0.5, 0.6) is 5.75 Å². The Labute approximate surface area is 182 Å². The van der Waals surface area contributed by atoms with Gasteiger partial charge in [0.15, 0.2) is 5.96 Å². The number of methoxy groups -OCH3 is 1.